The van der Waals surface area contributed by atoms with Crippen molar-refractivity contribution in [2.45, 2.75) is 81.6 Å². The molecule has 2 rings (SSSR count). The molecule has 3 N–H and O–H groups in total. The van der Waals surface area contributed by atoms with Gasteiger partial charge in [0.2, 0.25) is 11.8 Å². The predicted molar refractivity (Wildman–Crippen MR) is 117 cm³/mol. The minimum absolute atomic E-state index is 0.0891. The van der Waals surface area contributed by atoms with E-state index >= 15 is 0 Å². The van der Waals surface area contributed by atoms with Crippen molar-refractivity contribution in [3.8, 4) is 0 Å². The predicted octanol–water partition coefficient (Wildman–Crippen LogP) is 3.51. The summed E-state index contributed by atoms with van der Waals surface area (Å²) in [6, 6.07) is 0. The van der Waals surface area contributed by atoms with Gasteiger partial charge in [0.05, 0.1) is 0 Å². The molecule has 0 radical (unpaired) electrons. The smallest absolute Gasteiger partial charge is 0.303 e. The van der Waals surface area contributed by atoms with Gasteiger partial charge >= 0.3 is 5.97 Å². The summed E-state index contributed by atoms with van der Waals surface area (Å²) >= 11 is 2.06. The molecule has 0 aromatic heterocycles. The molecule has 2 aliphatic rings. The highest BCUT2D eigenvalue weighted by atomic mass is 32.2. The van der Waals surface area contributed by atoms with Crippen LogP contribution in [0.15, 0.2) is 12.2 Å². The van der Waals surface area contributed by atoms with Crippen molar-refractivity contribution in [2.75, 3.05) is 13.1 Å². The second-order valence-electron chi connectivity index (χ2n) is 8.15. The first-order chi connectivity index (χ1) is 14.0. The van der Waals surface area contributed by atoms with Gasteiger partial charge in [-0.3, -0.25) is 14.4 Å². The molecule has 0 saturated carbocycles. The number of carboxylic acid groups (broad SMARTS) is 1. The van der Waals surface area contributed by atoms with Crippen LogP contribution in [0.5, 0.6) is 0 Å². The van der Waals surface area contributed by atoms with Gasteiger partial charge < -0.3 is 15.7 Å². The molecule has 7 heteroatoms. The van der Waals surface area contributed by atoms with Crippen LogP contribution in [0.2, 0.25) is 0 Å². The van der Waals surface area contributed by atoms with Crippen molar-refractivity contribution >= 4 is 29.5 Å². The SMILES string of the molecule is CCCCCNC(=O)CC(=O)NC[C@H]1[C@@H](C/C=C\CCCC(=O)O)[C@H]2CC[C@@H]1S2. The zero-order valence-corrected chi connectivity index (χ0v) is 18.3. The Labute approximate surface area is 178 Å². The van der Waals surface area contributed by atoms with Gasteiger partial charge in [-0.05, 0) is 50.4 Å². The Hall–Kier alpha value is -1.50. The molecule has 29 heavy (non-hydrogen) atoms. The molecule has 2 fully saturated rings. The maximum atomic E-state index is 12.2. The van der Waals surface area contributed by atoms with E-state index < -0.39 is 5.97 Å². The fourth-order valence-corrected chi connectivity index (χ4v) is 6.34. The number of allylic oxidation sites excluding steroid dienone is 2. The van der Waals surface area contributed by atoms with Gasteiger partial charge in [-0.2, -0.15) is 11.8 Å². The molecule has 0 spiro atoms. The fraction of sp³-hybridized carbons (Fsp3) is 0.773. The molecule has 0 aliphatic carbocycles. The first kappa shape index (κ1) is 23.8. The third kappa shape index (κ3) is 8.41. The molecule has 0 unspecified atom stereocenters. The van der Waals surface area contributed by atoms with Gasteiger partial charge in [-0.1, -0.05) is 31.9 Å². The van der Waals surface area contributed by atoms with Crippen LogP contribution in [-0.4, -0.2) is 46.5 Å². The number of fused-ring (bicyclic) bond motifs is 2. The van der Waals surface area contributed by atoms with E-state index in [-0.39, 0.29) is 24.7 Å². The van der Waals surface area contributed by atoms with Gasteiger partial charge in [0, 0.05) is 30.0 Å². The molecule has 4 atom stereocenters. The Balaban J connectivity index is 1.69. The first-order valence-electron chi connectivity index (χ1n) is 11.1. The van der Waals surface area contributed by atoms with Crippen molar-refractivity contribution in [1.29, 1.82) is 0 Å². The lowest BCUT2D eigenvalue weighted by molar-refractivity contribution is -0.137. The number of carbonyl (C=O) groups excluding carboxylic acids is 2. The normalized spacial score (nSPS) is 25.4. The van der Waals surface area contributed by atoms with Crippen molar-refractivity contribution in [3.63, 3.8) is 0 Å². The average molecular weight is 425 g/mol. The number of rotatable bonds is 14. The molecule has 164 valence electrons. The number of hydrogen-bond donors (Lipinski definition) is 3. The first-order valence-corrected chi connectivity index (χ1v) is 12.0. The molecule has 2 amide bonds. The van der Waals surface area contributed by atoms with E-state index in [0.717, 1.165) is 32.1 Å². The third-order valence-electron chi connectivity index (χ3n) is 5.89. The van der Waals surface area contributed by atoms with Crippen LogP contribution in [-0.2, 0) is 14.4 Å². The van der Waals surface area contributed by atoms with E-state index in [4.69, 9.17) is 5.11 Å². The molecule has 2 heterocycles. The van der Waals surface area contributed by atoms with E-state index in [0.29, 0.717) is 41.8 Å². The van der Waals surface area contributed by atoms with Crippen molar-refractivity contribution in [3.05, 3.63) is 12.2 Å². The Morgan fingerprint density at radius 1 is 1.00 bits per heavy atom. The van der Waals surface area contributed by atoms with Crippen LogP contribution in [0.25, 0.3) is 0 Å². The Morgan fingerprint density at radius 2 is 1.72 bits per heavy atom. The number of carboxylic acids is 1. The highest BCUT2D eigenvalue weighted by Crippen LogP contribution is 2.54. The molecule has 2 bridgehead atoms. The molecular formula is C22H36N2O4S. The second kappa shape index (κ2) is 12.9. The largest absolute Gasteiger partial charge is 0.481 e. The lowest BCUT2D eigenvalue weighted by atomic mass is 9.77. The number of nitrogens with one attached hydrogen (secondary N) is 2. The van der Waals surface area contributed by atoms with Crippen LogP contribution in [0, 0.1) is 11.8 Å². The summed E-state index contributed by atoms with van der Waals surface area (Å²) in [5.74, 6) is -0.111. The van der Waals surface area contributed by atoms with Crippen molar-refractivity contribution in [2.24, 2.45) is 11.8 Å². The lowest BCUT2D eigenvalue weighted by Crippen LogP contribution is -2.39. The molecule has 2 saturated heterocycles. The highest BCUT2D eigenvalue weighted by Gasteiger charge is 2.47. The average Bonchev–Trinajstić information content (AvgIpc) is 3.28. The Bertz CT molecular complexity index is 581. The second-order valence-corrected chi connectivity index (χ2v) is 9.63. The maximum absolute atomic E-state index is 12.2. The van der Waals surface area contributed by atoms with E-state index in [2.05, 4.69) is 41.5 Å². The summed E-state index contributed by atoms with van der Waals surface area (Å²) in [5, 5.41) is 15.8. The Morgan fingerprint density at radius 3 is 2.45 bits per heavy atom. The number of aliphatic carboxylic acids is 1. The minimum Gasteiger partial charge on any atom is -0.481 e. The molecular weight excluding hydrogens is 388 g/mol. The summed E-state index contributed by atoms with van der Waals surface area (Å²) in [6.45, 7) is 3.41. The summed E-state index contributed by atoms with van der Waals surface area (Å²) in [5.41, 5.74) is 0. The van der Waals surface area contributed by atoms with Gasteiger partial charge in [-0.25, -0.2) is 0 Å². The van der Waals surface area contributed by atoms with E-state index in [1.54, 1.807) is 0 Å². The van der Waals surface area contributed by atoms with Crippen LogP contribution in [0.1, 0.15) is 71.1 Å². The van der Waals surface area contributed by atoms with Gasteiger partial charge in [0.1, 0.15) is 6.42 Å². The number of unbranched alkanes of at least 4 members (excludes halogenated alkanes) is 3. The monoisotopic (exact) mass is 424 g/mol. The zero-order chi connectivity index (χ0) is 21.1. The van der Waals surface area contributed by atoms with Crippen LogP contribution in [0.3, 0.4) is 0 Å². The minimum atomic E-state index is -0.742. The summed E-state index contributed by atoms with van der Waals surface area (Å²) in [7, 11) is 0. The topological polar surface area (TPSA) is 95.5 Å². The molecule has 6 nitrogen and oxygen atoms in total. The quantitative estimate of drug-likeness (QED) is 0.225. The van der Waals surface area contributed by atoms with E-state index in [1.165, 1.54) is 12.8 Å². The molecule has 2 aliphatic heterocycles. The molecule has 0 aromatic rings. The van der Waals surface area contributed by atoms with E-state index in [1.807, 2.05) is 0 Å². The Kier molecular flexibility index (Phi) is 10.6. The standard InChI is InChI=1S/C22H36N2O4S/c1-2-3-8-13-23-20(25)14-21(26)24-15-17-16(18-11-12-19(17)29-18)9-6-4-5-7-10-22(27)28/h4,6,16-19H,2-3,5,7-15H2,1H3,(H,23,25)(H,24,26)(H,27,28)/b6-4-/t16-,17+,18-,19+/m1/s1. The highest BCUT2D eigenvalue weighted by molar-refractivity contribution is 8.01. The zero-order valence-electron chi connectivity index (χ0n) is 17.5. The molecule has 0 aromatic carbocycles. The van der Waals surface area contributed by atoms with Gasteiger partial charge in [0.25, 0.3) is 0 Å². The van der Waals surface area contributed by atoms with Crippen molar-refractivity contribution < 1.29 is 19.5 Å². The lowest BCUT2D eigenvalue weighted by Gasteiger charge is -2.29. The summed E-state index contributed by atoms with van der Waals surface area (Å²) in [4.78, 5) is 34.6. The fourth-order valence-electron chi connectivity index (χ4n) is 4.33. The summed E-state index contributed by atoms with van der Waals surface area (Å²) < 4.78 is 0. The number of hydrogen-bond acceptors (Lipinski definition) is 4. The van der Waals surface area contributed by atoms with Gasteiger partial charge in [0.15, 0.2) is 0 Å². The number of carbonyl (C=O) groups is 3. The summed E-state index contributed by atoms with van der Waals surface area (Å²) in [6.07, 6.45) is 12.5. The van der Waals surface area contributed by atoms with Crippen molar-refractivity contribution in [1.82, 2.24) is 10.6 Å². The van der Waals surface area contributed by atoms with E-state index in [9.17, 15) is 14.4 Å². The van der Waals surface area contributed by atoms with Gasteiger partial charge in [-0.15, -0.1) is 0 Å². The number of thioether (sulfide) groups is 1. The van der Waals surface area contributed by atoms with Crippen LogP contribution >= 0.6 is 11.8 Å². The van der Waals surface area contributed by atoms with Crippen LogP contribution < -0.4 is 10.6 Å². The number of amides is 2. The van der Waals surface area contributed by atoms with Crippen LogP contribution in [0.4, 0.5) is 0 Å². The third-order valence-corrected chi connectivity index (χ3v) is 7.75. The maximum Gasteiger partial charge on any atom is 0.303 e.